The van der Waals surface area contributed by atoms with Crippen LogP contribution in [0.2, 0.25) is 0 Å². The Balaban J connectivity index is 2.17. The fourth-order valence-electron chi connectivity index (χ4n) is 2.23. The van der Waals surface area contributed by atoms with Gasteiger partial charge in [0.1, 0.15) is 11.5 Å². The van der Waals surface area contributed by atoms with Crippen LogP contribution in [0.1, 0.15) is 11.1 Å². The van der Waals surface area contributed by atoms with Crippen LogP contribution < -0.4 is 14.8 Å². The number of nitrogens with one attached hydrogen (secondary N) is 1. The molecule has 0 saturated heterocycles. The normalized spacial score (nSPS) is 10.5. The van der Waals surface area contributed by atoms with Gasteiger partial charge in [-0.1, -0.05) is 6.07 Å². The van der Waals surface area contributed by atoms with E-state index < -0.39 is 10.8 Å². The van der Waals surface area contributed by atoms with E-state index in [9.17, 15) is 14.9 Å². The molecule has 1 N–H and O–H groups in total. The van der Waals surface area contributed by atoms with Crippen molar-refractivity contribution in [2.45, 2.75) is 6.92 Å². The predicted molar refractivity (Wildman–Crippen MR) is 95.0 cm³/mol. The van der Waals surface area contributed by atoms with Crippen molar-refractivity contribution in [1.29, 1.82) is 0 Å². The first kappa shape index (κ1) is 18.0. The lowest BCUT2D eigenvalue weighted by atomic mass is 10.1. The standard InChI is InChI=1S/C18H18N2O5/c1-12-16(5-4-6-17(12)20(22)23)19-18(21)8-7-13-9-14(24-2)11-15(10-13)25-3/h4-11H,1-3H3,(H,19,21)/b8-7+. The molecule has 0 fully saturated rings. The van der Waals surface area contributed by atoms with Gasteiger partial charge in [-0.3, -0.25) is 14.9 Å². The Morgan fingerprint density at radius 2 is 1.80 bits per heavy atom. The lowest BCUT2D eigenvalue weighted by molar-refractivity contribution is -0.385. The van der Waals surface area contributed by atoms with Crippen LogP contribution in [-0.4, -0.2) is 25.1 Å². The molecule has 2 aromatic carbocycles. The molecule has 0 aliphatic carbocycles. The number of anilines is 1. The van der Waals surface area contributed by atoms with E-state index in [0.29, 0.717) is 22.7 Å². The van der Waals surface area contributed by atoms with Gasteiger partial charge in [-0.05, 0) is 36.8 Å². The molecule has 0 aromatic heterocycles. The number of hydrogen-bond donors (Lipinski definition) is 1. The number of rotatable bonds is 6. The summed E-state index contributed by atoms with van der Waals surface area (Å²) in [4.78, 5) is 22.6. The first-order valence-electron chi connectivity index (χ1n) is 7.40. The summed E-state index contributed by atoms with van der Waals surface area (Å²) in [6.07, 6.45) is 2.94. The monoisotopic (exact) mass is 342 g/mol. The minimum atomic E-state index is -0.483. The van der Waals surface area contributed by atoms with Gasteiger partial charge in [0.05, 0.1) is 30.4 Å². The Morgan fingerprint density at radius 1 is 1.16 bits per heavy atom. The van der Waals surface area contributed by atoms with Gasteiger partial charge in [0, 0.05) is 18.2 Å². The third kappa shape index (κ3) is 4.57. The third-order valence-corrected chi connectivity index (χ3v) is 3.56. The second-order valence-electron chi connectivity index (χ2n) is 5.18. The Labute approximate surface area is 145 Å². The van der Waals surface area contributed by atoms with E-state index >= 15 is 0 Å². The highest BCUT2D eigenvalue weighted by Gasteiger charge is 2.13. The molecule has 130 valence electrons. The molecule has 2 aromatic rings. The lowest BCUT2D eigenvalue weighted by Crippen LogP contribution is -2.09. The minimum Gasteiger partial charge on any atom is -0.497 e. The molecule has 0 aliphatic heterocycles. The van der Waals surface area contributed by atoms with Gasteiger partial charge in [0.25, 0.3) is 5.69 Å². The van der Waals surface area contributed by atoms with Crippen molar-refractivity contribution < 1.29 is 19.2 Å². The fraction of sp³-hybridized carbons (Fsp3) is 0.167. The van der Waals surface area contributed by atoms with E-state index in [1.807, 2.05) is 0 Å². The molecule has 0 saturated carbocycles. The zero-order chi connectivity index (χ0) is 18.4. The Kier molecular flexibility index (Phi) is 5.73. The summed E-state index contributed by atoms with van der Waals surface area (Å²) in [6, 6.07) is 9.77. The van der Waals surface area contributed by atoms with E-state index in [0.717, 1.165) is 5.56 Å². The molecule has 0 spiro atoms. The molecule has 0 atom stereocenters. The van der Waals surface area contributed by atoms with Gasteiger partial charge in [0.2, 0.25) is 5.91 Å². The molecule has 1 amide bonds. The molecule has 0 bridgehead atoms. The fourth-order valence-corrected chi connectivity index (χ4v) is 2.23. The molecule has 0 radical (unpaired) electrons. The van der Waals surface area contributed by atoms with Gasteiger partial charge in [0.15, 0.2) is 0 Å². The Bertz CT molecular complexity index is 808. The second kappa shape index (κ2) is 7.96. The van der Waals surface area contributed by atoms with Crippen LogP contribution in [0.5, 0.6) is 11.5 Å². The quantitative estimate of drug-likeness (QED) is 0.492. The predicted octanol–water partition coefficient (Wildman–Crippen LogP) is 3.57. The highest BCUT2D eigenvalue weighted by molar-refractivity contribution is 6.02. The summed E-state index contributed by atoms with van der Waals surface area (Å²) in [5.74, 6) is 0.813. The van der Waals surface area contributed by atoms with Crippen LogP contribution in [0.4, 0.5) is 11.4 Å². The van der Waals surface area contributed by atoms with Crippen molar-refractivity contribution in [2.24, 2.45) is 0 Å². The highest BCUT2D eigenvalue weighted by atomic mass is 16.6. The van der Waals surface area contributed by atoms with Crippen LogP contribution in [0.15, 0.2) is 42.5 Å². The SMILES string of the molecule is COc1cc(/C=C/C(=O)Nc2cccc([N+](=O)[O-])c2C)cc(OC)c1. The molecule has 0 unspecified atom stereocenters. The maximum atomic E-state index is 12.1. The van der Waals surface area contributed by atoms with Crippen LogP contribution in [0.25, 0.3) is 6.08 Å². The topological polar surface area (TPSA) is 90.7 Å². The van der Waals surface area contributed by atoms with Gasteiger partial charge in [-0.25, -0.2) is 0 Å². The van der Waals surface area contributed by atoms with Crippen LogP contribution >= 0.6 is 0 Å². The maximum Gasteiger partial charge on any atom is 0.274 e. The van der Waals surface area contributed by atoms with E-state index in [1.54, 1.807) is 51.5 Å². The summed E-state index contributed by atoms with van der Waals surface area (Å²) in [6.45, 7) is 1.59. The maximum absolute atomic E-state index is 12.1. The first-order chi connectivity index (χ1) is 11.9. The molecular formula is C18H18N2O5. The smallest absolute Gasteiger partial charge is 0.274 e. The summed E-state index contributed by atoms with van der Waals surface area (Å²) in [5, 5.41) is 13.6. The van der Waals surface area contributed by atoms with Crippen molar-refractivity contribution in [1.82, 2.24) is 0 Å². The second-order valence-corrected chi connectivity index (χ2v) is 5.18. The summed E-state index contributed by atoms with van der Waals surface area (Å²) < 4.78 is 10.3. The number of hydrogen-bond acceptors (Lipinski definition) is 5. The number of ether oxygens (including phenoxy) is 2. The minimum absolute atomic E-state index is 0.0423. The number of nitro benzene ring substituents is 1. The van der Waals surface area contributed by atoms with Gasteiger partial charge >= 0.3 is 0 Å². The van der Waals surface area contributed by atoms with Crippen molar-refractivity contribution in [2.75, 3.05) is 19.5 Å². The van der Waals surface area contributed by atoms with Crippen molar-refractivity contribution >= 4 is 23.4 Å². The lowest BCUT2D eigenvalue weighted by Gasteiger charge is -2.07. The summed E-state index contributed by atoms with van der Waals surface area (Å²) in [5.41, 5.74) is 1.48. The first-order valence-corrected chi connectivity index (χ1v) is 7.40. The Morgan fingerprint density at radius 3 is 2.36 bits per heavy atom. The van der Waals surface area contributed by atoms with Crippen LogP contribution in [0.3, 0.4) is 0 Å². The number of benzene rings is 2. The third-order valence-electron chi connectivity index (χ3n) is 3.56. The number of nitrogens with zero attached hydrogens (tertiary/aromatic N) is 1. The molecular weight excluding hydrogens is 324 g/mol. The molecule has 0 heterocycles. The zero-order valence-corrected chi connectivity index (χ0v) is 14.1. The van der Waals surface area contributed by atoms with Crippen LogP contribution in [-0.2, 0) is 4.79 Å². The molecule has 25 heavy (non-hydrogen) atoms. The van der Waals surface area contributed by atoms with Crippen molar-refractivity contribution in [3.05, 3.63) is 63.7 Å². The molecule has 2 rings (SSSR count). The number of methoxy groups -OCH3 is 2. The highest BCUT2D eigenvalue weighted by Crippen LogP contribution is 2.25. The molecule has 7 nitrogen and oxygen atoms in total. The number of nitro groups is 1. The molecule has 0 aliphatic rings. The van der Waals surface area contributed by atoms with Crippen molar-refractivity contribution in [3.8, 4) is 11.5 Å². The average molecular weight is 342 g/mol. The summed E-state index contributed by atoms with van der Waals surface area (Å²) in [7, 11) is 3.08. The van der Waals surface area contributed by atoms with Gasteiger partial charge in [-0.2, -0.15) is 0 Å². The van der Waals surface area contributed by atoms with E-state index in [1.165, 1.54) is 18.2 Å². The van der Waals surface area contributed by atoms with E-state index in [4.69, 9.17) is 9.47 Å². The Hall–Kier alpha value is -3.35. The zero-order valence-electron chi connectivity index (χ0n) is 14.1. The number of carbonyl (C=O) groups is 1. The number of carbonyl (C=O) groups excluding carboxylic acids is 1. The van der Waals surface area contributed by atoms with Gasteiger partial charge < -0.3 is 14.8 Å². The van der Waals surface area contributed by atoms with Crippen molar-refractivity contribution in [3.63, 3.8) is 0 Å². The van der Waals surface area contributed by atoms with Crippen LogP contribution in [0, 0.1) is 17.0 Å². The number of amides is 1. The van der Waals surface area contributed by atoms with Gasteiger partial charge in [-0.15, -0.1) is 0 Å². The van der Waals surface area contributed by atoms with E-state index in [-0.39, 0.29) is 5.69 Å². The average Bonchev–Trinajstić information content (AvgIpc) is 2.61. The largest absolute Gasteiger partial charge is 0.497 e. The van der Waals surface area contributed by atoms with E-state index in [2.05, 4.69) is 5.32 Å². The summed E-state index contributed by atoms with van der Waals surface area (Å²) >= 11 is 0. The molecule has 7 heteroatoms.